The van der Waals surface area contributed by atoms with Gasteiger partial charge in [-0.3, -0.25) is 0 Å². The van der Waals surface area contributed by atoms with Crippen LogP contribution in [0.3, 0.4) is 0 Å². The zero-order valence-electron chi connectivity index (χ0n) is 18.3. The first-order chi connectivity index (χ1) is 13.5. The van der Waals surface area contributed by atoms with Crippen LogP contribution in [0.15, 0.2) is 60.2 Å². The quantitative estimate of drug-likeness (QED) is 0.633. The molecule has 1 unspecified atom stereocenters. The van der Waals surface area contributed by atoms with Crippen molar-refractivity contribution < 1.29 is 5.11 Å². The van der Waals surface area contributed by atoms with Gasteiger partial charge in [-0.05, 0) is 81.5 Å². The fourth-order valence-corrected chi connectivity index (χ4v) is 4.29. The van der Waals surface area contributed by atoms with Crippen LogP contribution >= 0.6 is 0 Å². The normalized spacial score (nSPS) is 19.2. The number of hydrogen-bond donors (Lipinski definition) is 3. The Morgan fingerprint density at radius 2 is 1.31 bits per heavy atom. The Kier molecular flexibility index (Phi) is 5.22. The van der Waals surface area contributed by atoms with Crippen molar-refractivity contribution in [2.45, 2.75) is 52.6 Å². The van der Waals surface area contributed by atoms with Gasteiger partial charge in [0.05, 0.1) is 5.60 Å². The van der Waals surface area contributed by atoms with Crippen LogP contribution in [0.25, 0.3) is 0 Å². The summed E-state index contributed by atoms with van der Waals surface area (Å²) in [6.45, 7) is 12.2. The Morgan fingerprint density at radius 3 is 1.79 bits per heavy atom. The topological polar surface area (TPSA) is 72.3 Å². The standard InChI is InChI=1S/C26H32N2O/c1-16-12-18(3)23(27)21(14-16)26(6,20-8-7-10-25(5,29)11-9-20)22-15-17(2)13-19(4)24(22)28/h7-15,29H,27-28H2,1-6H3. The van der Waals surface area contributed by atoms with E-state index in [1.165, 1.54) is 0 Å². The van der Waals surface area contributed by atoms with Crippen LogP contribution in [-0.2, 0) is 5.41 Å². The molecule has 0 aliphatic heterocycles. The molecule has 152 valence electrons. The van der Waals surface area contributed by atoms with Crippen molar-refractivity contribution >= 4 is 11.4 Å². The Labute approximate surface area is 174 Å². The molecule has 3 rings (SSSR count). The smallest absolute Gasteiger partial charge is 0.0986 e. The number of aryl methyl sites for hydroxylation is 4. The average molecular weight is 389 g/mol. The summed E-state index contributed by atoms with van der Waals surface area (Å²) in [6, 6.07) is 8.51. The van der Waals surface area contributed by atoms with E-state index >= 15 is 0 Å². The van der Waals surface area contributed by atoms with E-state index in [4.69, 9.17) is 11.5 Å². The van der Waals surface area contributed by atoms with Crippen LogP contribution in [0.1, 0.15) is 47.2 Å². The molecule has 0 spiro atoms. The molecule has 0 saturated carbocycles. The monoisotopic (exact) mass is 388 g/mol. The second-order valence-corrected chi connectivity index (χ2v) is 8.75. The predicted molar refractivity (Wildman–Crippen MR) is 124 cm³/mol. The summed E-state index contributed by atoms with van der Waals surface area (Å²) < 4.78 is 0. The Hall–Kier alpha value is -2.78. The van der Waals surface area contributed by atoms with Gasteiger partial charge in [-0.25, -0.2) is 0 Å². The van der Waals surface area contributed by atoms with Crippen LogP contribution in [-0.4, -0.2) is 10.7 Å². The third-order valence-electron chi connectivity index (χ3n) is 6.03. The molecule has 3 heteroatoms. The highest BCUT2D eigenvalue weighted by molar-refractivity contribution is 5.71. The molecule has 1 aliphatic rings. The summed E-state index contributed by atoms with van der Waals surface area (Å²) in [5.74, 6) is 0. The Morgan fingerprint density at radius 1 is 0.828 bits per heavy atom. The molecule has 0 aromatic heterocycles. The number of hydrogen-bond acceptors (Lipinski definition) is 3. The van der Waals surface area contributed by atoms with Crippen LogP contribution < -0.4 is 11.5 Å². The summed E-state index contributed by atoms with van der Waals surface area (Å²) >= 11 is 0. The number of nitrogens with two attached hydrogens (primary N) is 2. The predicted octanol–water partition coefficient (Wildman–Crippen LogP) is 5.19. The lowest BCUT2D eigenvalue weighted by Gasteiger charge is -2.36. The van der Waals surface area contributed by atoms with Gasteiger partial charge in [0.1, 0.15) is 0 Å². The Balaban J connectivity index is 2.41. The van der Waals surface area contributed by atoms with Gasteiger partial charge < -0.3 is 16.6 Å². The molecule has 3 nitrogen and oxygen atoms in total. The van der Waals surface area contributed by atoms with Crippen molar-refractivity contribution in [3.8, 4) is 0 Å². The van der Waals surface area contributed by atoms with Crippen molar-refractivity contribution in [1.82, 2.24) is 0 Å². The van der Waals surface area contributed by atoms with Crippen molar-refractivity contribution in [3.63, 3.8) is 0 Å². The van der Waals surface area contributed by atoms with Crippen LogP contribution in [0.5, 0.6) is 0 Å². The third kappa shape index (κ3) is 3.75. The van der Waals surface area contributed by atoms with Gasteiger partial charge in [0.15, 0.2) is 0 Å². The molecule has 0 bridgehead atoms. The molecule has 0 saturated heterocycles. The van der Waals surface area contributed by atoms with E-state index < -0.39 is 11.0 Å². The van der Waals surface area contributed by atoms with Gasteiger partial charge in [-0.2, -0.15) is 0 Å². The molecule has 2 aromatic carbocycles. The zero-order valence-corrected chi connectivity index (χ0v) is 18.3. The molecular weight excluding hydrogens is 356 g/mol. The highest BCUT2D eigenvalue weighted by Crippen LogP contribution is 2.47. The second kappa shape index (κ2) is 7.23. The van der Waals surface area contributed by atoms with Gasteiger partial charge >= 0.3 is 0 Å². The van der Waals surface area contributed by atoms with Crippen molar-refractivity contribution in [1.29, 1.82) is 0 Å². The van der Waals surface area contributed by atoms with Crippen molar-refractivity contribution in [2.75, 3.05) is 11.5 Å². The van der Waals surface area contributed by atoms with E-state index in [1.807, 2.05) is 38.2 Å². The SMILES string of the molecule is Cc1cc(C)c(N)c(C(C)(C2=CC=CC(C)(O)C=C2)c2cc(C)cc(C)c2N)c1. The number of allylic oxidation sites excluding steroid dienone is 4. The number of aliphatic hydroxyl groups is 1. The van der Waals surface area contributed by atoms with E-state index in [2.05, 4.69) is 45.0 Å². The Bertz CT molecular complexity index is 997. The number of rotatable bonds is 3. The maximum Gasteiger partial charge on any atom is 0.0986 e. The number of nitrogen functional groups attached to an aromatic ring is 2. The summed E-state index contributed by atoms with van der Waals surface area (Å²) in [5, 5.41) is 10.5. The van der Waals surface area contributed by atoms with Crippen LogP contribution in [0.4, 0.5) is 11.4 Å². The van der Waals surface area contributed by atoms with Crippen LogP contribution in [0.2, 0.25) is 0 Å². The molecule has 2 aromatic rings. The summed E-state index contributed by atoms with van der Waals surface area (Å²) in [6.07, 6.45) is 9.55. The van der Waals surface area contributed by atoms with Gasteiger partial charge in [-0.1, -0.05) is 53.6 Å². The fourth-order valence-electron chi connectivity index (χ4n) is 4.29. The minimum atomic E-state index is -0.999. The van der Waals surface area contributed by atoms with Crippen molar-refractivity contribution in [2.24, 2.45) is 0 Å². The minimum absolute atomic E-state index is 0.580. The highest BCUT2D eigenvalue weighted by atomic mass is 16.3. The lowest BCUT2D eigenvalue weighted by atomic mass is 9.67. The second-order valence-electron chi connectivity index (χ2n) is 8.75. The van der Waals surface area contributed by atoms with Gasteiger partial charge in [-0.15, -0.1) is 0 Å². The molecule has 0 heterocycles. The van der Waals surface area contributed by atoms with E-state index in [0.717, 1.165) is 50.3 Å². The summed E-state index contributed by atoms with van der Waals surface area (Å²) in [4.78, 5) is 0. The molecule has 0 radical (unpaired) electrons. The van der Waals surface area contributed by atoms with E-state index in [1.54, 1.807) is 13.0 Å². The van der Waals surface area contributed by atoms with Crippen molar-refractivity contribution in [3.05, 3.63) is 93.6 Å². The maximum absolute atomic E-state index is 10.5. The maximum atomic E-state index is 10.5. The zero-order chi connectivity index (χ0) is 21.6. The van der Waals surface area contributed by atoms with E-state index in [0.29, 0.717) is 0 Å². The third-order valence-corrected chi connectivity index (χ3v) is 6.03. The van der Waals surface area contributed by atoms with Crippen LogP contribution in [0, 0.1) is 27.7 Å². The van der Waals surface area contributed by atoms with Gasteiger partial charge in [0.25, 0.3) is 0 Å². The average Bonchev–Trinajstić information content (AvgIpc) is 2.81. The lowest BCUT2D eigenvalue weighted by molar-refractivity contribution is 0.164. The molecule has 0 amide bonds. The van der Waals surface area contributed by atoms with Gasteiger partial charge in [0.2, 0.25) is 0 Å². The summed E-state index contributed by atoms with van der Waals surface area (Å²) in [7, 11) is 0. The fraction of sp³-hybridized carbons (Fsp3) is 0.308. The number of anilines is 2. The first-order valence-electron chi connectivity index (χ1n) is 10.0. The molecule has 1 atom stereocenters. The highest BCUT2D eigenvalue weighted by Gasteiger charge is 2.37. The number of benzene rings is 2. The van der Waals surface area contributed by atoms with E-state index in [9.17, 15) is 5.11 Å². The first-order valence-corrected chi connectivity index (χ1v) is 10.0. The van der Waals surface area contributed by atoms with Gasteiger partial charge in [0, 0.05) is 16.8 Å². The minimum Gasteiger partial charge on any atom is -0.398 e. The molecule has 29 heavy (non-hydrogen) atoms. The molecule has 1 aliphatic carbocycles. The first kappa shape index (κ1) is 20.9. The lowest BCUT2D eigenvalue weighted by Crippen LogP contribution is -2.29. The summed E-state index contributed by atoms with van der Waals surface area (Å²) in [5.41, 5.74) is 20.7. The molecular formula is C26H32N2O. The molecule has 5 N–H and O–H groups in total. The largest absolute Gasteiger partial charge is 0.398 e. The molecule has 0 fully saturated rings. The van der Waals surface area contributed by atoms with E-state index in [-0.39, 0.29) is 0 Å².